The third kappa shape index (κ3) is 7.34. The first kappa shape index (κ1) is 16.1. The third-order valence-electron chi connectivity index (χ3n) is 1.76. The van der Waals surface area contributed by atoms with Crippen molar-refractivity contribution < 1.29 is 19.1 Å². The maximum atomic E-state index is 11.5. The fourth-order valence-corrected chi connectivity index (χ4v) is 1.07. The average molecular weight is 258 g/mol. The quantitative estimate of drug-likeness (QED) is 0.350. The molecule has 0 saturated carbocycles. The maximum Gasteiger partial charge on any atom is 0.408 e. The minimum absolute atomic E-state index is 0.0755. The van der Waals surface area contributed by atoms with Gasteiger partial charge in [-0.05, 0) is 32.7 Å². The zero-order valence-electron chi connectivity index (χ0n) is 11.0. The summed E-state index contributed by atoms with van der Waals surface area (Å²) in [4.78, 5) is 25.4. The highest BCUT2D eigenvalue weighted by Gasteiger charge is 2.24. The Morgan fingerprint density at radius 3 is 2.50 bits per heavy atom. The Kier molecular flexibility index (Phi) is 6.59. The number of carbonyl (C=O) groups excluding carboxylic acids is 2. The highest BCUT2D eigenvalue weighted by atomic mass is 16.6. The number of methoxy groups -OCH3 is 1. The van der Waals surface area contributed by atoms with E-state index in [-0.39, 0.29) is 13.0 Å². The van der Waals surface area contributed by atoms with Crippen LogP contribution in [0.25, 0.3) is 10.4 Å². The van der Waals surface area contributed by atoms with Crippen molar-refractivity contribution in [1.29, 1.82) is 0 Å². The summed E-state index contributed by atoms with van der Waals surface area (Å²) in [5.41, 5.74) is 7.48. The number of carbonyl (C=O) groups is 2. The van der Waals surface area contributed by atoms with Crippen LogP contribution in [0.15, 0.2) is 5.11 Å². The van der Waals surface area contributed by atoms with E-state index in [4.69, 9.17) is 10.3 Å². The summed E-state index contributed by atoms with van der Waals surface area (Å²) in [5.74, 6) is -0.617. The molecule has 0 spiro atoms. The molecule has 0 aliphatic heterocycles. The second-order valence-corrected chi connectivity index (χ2v) is 4.47. The Balaban J connectivity index is 4.44. The van der Waals surface area contributed by atoms with E-state index in [0.29, 0.717) is 0 Å². The number of rotatable bonds is 5. The first-order valence-electron chi connectivity index (χ1n) is 5.38. The molecule has 1 N–H and O–H groups in total. The second kappa shape index (κ2) is 7.39. The number of hydrogen-bond donors (Lipinski definition) is 1. The van der Waals surface area contributed by atoms with E-state index in [1.54, 1.807) is 20.8 Å². The minimum Gasteiger partial charge on any atom is -0.467 e. The lowest BCUT2D eigenvalue weighted by molar-refractivity contribution is -0.143. The Labute approximate surface area is 105 Å². The van der Waals surface area contributed by atoms with Crippen molar-refractivity contribution in [2.75, 3.05) is 13.7 Å². The fourth-order valence-electron chi connectivity index (χ4n) is 1.07. The fraction of sp³-hybridized carbons (Fsp3) is 0.800. The van der Waals surface area contributed by atoms with Gasteiger partial charge in [0.05, 0.1) is 7.11 Å². The molecule has 0 bridgehead atoms. The van der Waals surface area contributed by atoms with Crippen molar-refractivity contribution >= 4 is 12.1 Å². The van der Waals surface area contributed by atoms with Gasteiger partial charge in [0.15, 0.2) is 0 Å². The normalized spacial score (nSPS) is 12.0. The van der Waals surface area contributed by atoms with Crippen LogP contribution >= 0.6 is 0 Å². The van der Waals surface area contributed by atoms with E-state index < -0.39 is 23.7 Å². The second-order valence-electron chi connectivity index (χ2n) is 4.47. The van der Waals surface area contributed by atoms with Crippen LogP contribution in [0.1, 0.15) is 27.2 Å². The van der Waals surface area contributed by atoms with Crippen LogP contribution < -0.4 is 5.32 Å². The average Bonchev–Trinajstić information content (AvgIpc) is 2.24. The van der Waals surface area contributed by atoms with E-state index in [2.05, 4.69) is 20.1 Å². The number of esters is 1. The molecule has 0 rings (SSSR count). The molecule has 0 aromatic heterocycles. The zero-order chi connectivity index (χ0) is 14.2. The molecule has 8 nitrogen and oxygen atoms in total. The molecule has 18 heavy (non-hydrogen) atoms. The zero-order valence-corrected chi connectivity index (χ0v) is 11.0. The van der Waals surface area contributed by atoms with Gasteiger partial charge in [-0.1, -0.05) is 5.11 Å². The monoisotopic (exact) mass is 258 g/mol. The lowest BCUT2D eigenvalue weighted by atomic mass is 10.2. The summed E-state index contributed by atoms with van der Waals surface area (Å²) in [7, 11) is 1.21. The van der Waals surface area contributed by atoms with Crippen LogP contribution in [-0.2, 0) is 14.3 Å². The van der Waals surface area contributed by atoms with Crippen LogP contribution in [0.5, 0.6) is 0 Å². The topological polar surface area (TPSA) is 113 Å². The standard InChI is InChI=1S/C10H18N4O4/c1-10(2,3)18-9(16)13-7(8(15)17-4)5-6-12-14-11/h7H,5-6H2,1-4H3,(H,13,16)/t7-/m1/s1. The molecule has 0 radical (unpaired) electrons. The number of ether oxygens (including phenoxy) is 2. The van der Waals surface area contributed by atoms with E-state index in [9.17, 15) is 9.59 Å². The van der Waals surface area contributed by atoms with Gasteiger partial charge in [0, 0.05) is 11.5 Å². The molecule has 0 aromatic rings. The summed E-state index contributed by atoms with van der Waals surface area (Å²) in [6.45, 7) is 5.20. The van der Waals surface area contributed by atoms with Crippen LogP contribution in [-0.4, -0.2) is 37.4 Å². The third-order valence-corrected chi connectivity index (χ3v) is 1.76. The van der Waals surface area contributed by atoms with E-state index in [0.717, 1.165) is 0 Å². The summed E-state index contributed by atoms with van der Waals surface area (Å²) in [6.07, 6.45) is -0.575. The highest BCUT2D eigenvalue weighted by Crippen LogP contribution is 2.07. The van der Waals surface area contributed by atoms with Gasteiger partial charge in [0.25, 0.3) is 0 Å². The van der Waals surface area contributed by atoms with E-state index >= 15 is 0 Å². The Hall–Kier alpha value is -1.95. The van der Waals surface area contributed by atoms with E-state index in [1.807, 2.05) is 0 Å². The number of amides is 1. The Morgan fingerprint density at radius 1 is 1.44 bits per heavy atom. The van der Waals surface area contributed by atoms with Crippen LogP contribution in [0.3, 0.4) is 0 Å². The number of nitrogens with zero attached hydrogens (tertiary/aromatic N) is 3. The molecule has 1 amide bonds. The Morgan fingerprint density at radius 2 is 2.06 bits per heavy atom. The van der Waals surface area contributed by atoms with Crippen molar-refractivity contribution in [1.82, 2.24) is 5.32 Å². The van der Waals surface area contributed by atoms with E-state index in [1.165, 1.54) is 7.11 Å². The van der Waals surface area contributed by atoms with Crippen LogP contribution in [0.4, 0.5) is 4.79 Å². The molecular weight excluding hydrogens is 240 g/mol. The summed E-state index contributed by atoms with van der Waals surface area (Å²) in [5, 5.41) is 5.65. The Bertz CT molecular complexity index is 344. The minimum atomic E-state index is -0.893. The van der Waals surface area contributed by atoms with Gasteiger partial charge in [0.1, 0.15) is 11.6 Å². The smallest absolute Gasteiger partial charge is 0.408 e. The maximum absolute atomic E-state index is 11.5. The largest absolute Gasteiger partial charge is 0.467 e. The number of hydrogen-bond acceptors (Lipinski definition) is 5. The molecule has 0 unspecified atom stereocenters. The van der Waals surface area contributed by atoms with Gasteiger partial charge in [-0.25, -0.2) is 9.59 Å². The van der Waals surface area contributed by atoms with Gasteiger partial charge in [0.2, 0.25) is 0 Å². The van der Waals surface area contributed by atoms with Crippen molar-refractivity contribution in [3.63, 3.8) is 0 Å². The number of nitrogens with one attached hydrogen (secondary N) is 1. The van der Waals surface area contributed by atoms with Gasteiger partial charge in [-0.15, -0.1) is 0 Å². The summed E-state index contributed by atoms with van der Waals surface area (Å²) >= 11 is 0. The van der Waals surface area contributed by atoms with Crippen molar-refractivity contribution in [3.05, 3.63) is 10.4 Å². The summed E-state index contributed by atoms with van der Waals surface area (Å²) in [6, 6.07) is -0.893. The number of alkyl carbamates (subject to hydrolysis) is 1. The highest BCUT2D eigenvalue weighted by molar-refractivity contribution is 5.81. The van der Waals surface area contributed by atoms with Crippen molar-refractivity contribution in [2.24, 2.45) is 5.11 Å². The van der Waals surface area contributed by atoms with Gasteiger partial charge in [-0.2, -0.15) is 0 Å². The molecule has 8 heteroatoms. The van der Waals surface area contributed by atoms with Crippen LogP contribution in [0, 0.1) is 0 Å². The van der Waals surface area contributed by atoms with Gasteiger partial charge in [-0.3, -0.25) is 0 Å². The van der Waals surface area contributed by atoms with Crippen molar-refractivity contribution in [3.8, 4) is 0 Å². The lowest BCUT2D eigenvalue weighted by Gasteiger charge is -2.22. The molecule has 0 aliphatic rings. The SMILES string of the molecule is COC(=O)[C@@H](CCN=[N+]=[N-])NC(=O)OC(C)(C)C. The lowest BCUT2D eigenvalue weighted by Crippen LogP contribution is -2.44. The van der Waals surface area contributed by atoms with Gasteiger partial charge >= 0.3 is 12.1 Å². The predicted octanol–water partition coefficient (Wildman–Crippen LogP) is 1.75. The van der Waals surface area contributed by atoms with Crippen LogP contribution in [0.2, 0.25) is 0 Å². The predicted molar refractivity (Wildman–Crippen MR) is 63.8 cm³/mol. The molecule has 0 fully saturated rings. The molecule has 0 aromatic carbocycles. The number of azide groups is 1. The molecule has 102 valence electrons. The molecular formula is C10H18N4O4. The molecule has 0 saturated heterocycles. The van der Waals surface area contributed by atoms with Crippen molar-refractivity contribution in [2.45, 2.75) is 38.8 Å². The molecule has 0 aliphatic carbocycles. The molecule has 0 heterocycles. The summed E-state index contributed by atoms with van der Waals surface area (Å²) < 4.78 is 9.54. The molecule has 1 atom stereocenters. The first-order valence-corrected chi connectivity index (χ1v) is 5.38. The van der Waals surface area contributed by atoms with Gasteiger partial charge < -0.3 is 14.8 Å². The first-order chi connectivity index (χ1) is 8.30.